The van der Waals surface area contributed by atoms with E-state index in [-0.39, 0.29) is 18.2 Å². The first-order valence-corrected chi connectivity index (χ1v) is 5.84. The Morgan fingerprint density at radius 1 is 1.62 bits per heavy atom. The van der Waals surface area contributed by atoms with Crippen molar-refractivity contribution in [1.82, 2.24) is 14.9 Å². The standard InChI is InChI=1S/C6H10ClN3O2S/c7-2-4-13(11,12)9-5-6-1-3-8-10-6/h1,3,9H,2,4-5H2,(H,8,10). The van der Waals surface area contributed by atoms with Crippen molar-refractivity contribution >= 4 is 21.6 Å². The molecule has 0 bridgehead atoms. The minimum Gasteiger partial charge on any atom is -0.281 e. The fourth-order valence-electron chi connectivity index (χ4n) is 0.745. The number of halogens is 1. The van der Waals surface area contributed by atoms with Crippen molar-refractivity contribution < 1.29 is 8.42 Å². The summed E-state index contributed by atoms with van der Waals surface area (Å²) in [5.41, 5.74) is 0.721. The van der Waals surface area contributed by atoms with Crippen molar-refractivity contribution in [1.29, 1.82) is 0 Å². The molecule has 7 heteroatoms. The van der Waals surface area contributed by atoms with Crippen LogP contribution in [0.3, 0.4) is 0 Å². The minimum atomic E-state index is -3.24. The highest BCUT2D eigenvalue weighted by atomic mass is 35.5. The first-order valence-electron chi connectivity index (χ1n) is 3.65. The summed E-state index contributed by atoms with van der Waals surface area (Å²) in [5, 5.41) is 6.32. The molecular weight excluding hydrogens is 214 g/mol. The number of alkyl halides is 1. The van der Waals surface area contributed by atoms with Crippen molar-refractivity contribution in [3.63, 3.8) is 0 Å². The fourth-order valence-corrected chi connectivity index (χ4v) is 2.08. The molecule has 1 heterocycles. The third kappa shape index (κ3) is 3.75. The monoisotopic (exact) mass is 223 g/mol. The second-order valence-corrected chi connectivity index (χ2v) is 4.72. The first-order chi connectivity index (χ1) is 6.14. The van der Waals surface area contributed by atoms with E-state index in [1.165, 1.54) is 0 Å². The van der Waals surface area contributed by atoms with Crippen molar-refractivity contribution in [2.24, 2.45) is 0 Å². The molecule has 1 rings (SSSR count). The van der Waals surface area contributed by atoms with Gasteiger partial charge in [-0.1, -0.05) is 0 Å². The summed E-state index contributed by atoms with van der Waals surface area (Å²) in [6.07, 6.45) is 1.56. The lowest BCUT2D eigenvalue weighted by molar-refractivity contribution is 0.582. The highest BCUT2D eigenvalue weighted by Gasteiger charge is 2.08. The van der Waals surface area contributed by atoms with Crippen LogP contribution in [0.25, 0.3) is 0 Å². The van der Waals surface area contributed by atoms with E-state index in [1.807, 2.05) is 0 Å². The molecule has 0 amide bonds. The van der Waals surface area contributed by atoms with Gasteiger partial charge in [0.05, 0.1) is 18.0 Å². The van der Waals surface area contributed by atoms with Crippen LogP contribution in [0.2, 0.25) is 0 Å². The molecule has 0 atom stereocenters. The van der Waals surface area contributed by atoms with Crippen molar-refractivity contribution in [3.8, 4) is 0 Å². The van der Waals surface area contributed by atoms with Crippen LogP contribution in [0.4, 0.5) is 0 Å². The fraction of sp³-hybridized carbons (Fsp3) is 0.500. The Labute approximate surface area is 81.5 Å². The summed E-state index contributed by atoms with van der Waals surface area (Å²) in [6.45, 7) is 0.221. The largest absolute Gasteiger partial charge is 0.281 e. The summed E-state index contributed by atoms with van der Waals surface area (Å²) >= 11 is 5.31. The molecule has 0 spiro atoms. The number of aromatic nitrogens is 2. The third-order valence-electron chi connectivity index (χ3n) is 1.39. The molecule has 13 heavy (non-hydrogen) atoms. The average molecular weight is 224 g/mol. The second-order valence-electron chi connectivity index (χ2n) is 2.41. The van der Waals surface area contributed by atoms with Gasteiger partial charge in [-0.15, -0.1) is 11.6 Å². The van der Waals surface area contributed by atoms with E-state index in [1.54, 1.807) is 12.3 Å². The van der Waals surface area contributed by atoms with Gasteiger partial charge in [0.15, 0.2) is 0 Å². The first kappa shape index (κ1) is 10.5. The zero-order valence-electron chi connectivity index (χ0n) is 6.83. The number of H-pyrrole nitrogens is 1. The molecule has 2 N–H and O–H groups in total. The number of aromatic amines is 1. The number of rotatable bonds is 5. The van der Waals surface area contributed by atoms with Gasteiger partial charge in [0.2, 0.25) is 10.0 Å². The Bertz CT molecular complexity index is 335. The lowest BCUT2D eigenvalue weighted by Crippen LogP contribution is -2.26. The van der Waals surface area contributed by atoms with E-state index in [2.05, 4.69) is 14.9 Å². The number of sulfonamides is 1. The molecule has 74 valence electrons. The van der Waals surface area contributed by atoms with Crippen molar-refractivity contribution in [2.45, 2.75) is 6.54 Å². The van der Waals surface area contributed by atoms with Gasteiger partial charge in [-0.2, -0.15) is 5.10 Å². The topological polar surface area (TPSA) is 74.8 Å². The molecule has 0 unspecified atom stereocenters. The maximum atomic E-state index is 11.1. The zero-order valence-corrected chi connectivity index (χ0v) is 8.40. The molecule has 0 aliphatic carbocycles. The Hall–Kier alpha value is -0.590. The molecule has 0 radical (unpaired) electrons. The highest BCUT2D eigenvalue weighted by Crippen LogP contribution is 1.93. The van der Waals surface area contributed by atoms with E-state index in [0.29, 0.717) is 0 Å². The van der Waals surface area contributed by atoms with Crippen LogP contribution < -0.4 is 4.72 Å². The van der Waals surface area contributed by atoms with E-state index < -0.39 is 10.0 Å². The normalized spacial score (nSPS) is 11.8. The minimum absolute atomic E-state index is 0.0668. The summed E-state index contributed by atoms with van der Waals surface area (Å²) in [7, 11) is -3.24. The summed E-state index contributed by atoms with van der Waals surface area (Å²) in [4.78, 5) is 0. The van der Waals surface area contributed by atoms with Gasteiger partial charge in [-0.3, -0.25) is 5.10 Å². The Kier molecular flexibility index (Phi) is 3.71. The van der Waals surface area contributed by atoms with Gasteiger partial charge < -0.3 is 0 Å². The van der Waals surface area contributed by atoms with Gasteiger partial charge in [-0.05, 0) is 6.07 Å². The molecule has 0 aliphatic heterocycles. The second kappa shape index (κ2) is 4.59. The zero-order chi connectivity index (χ0) is 9.73. The van der Waals surface area contributed by atoms with E-state index in [4.69, 9.17) is 11.6 Å². The predicted molar refractivity (Wildman–Crippen MR) is 49.9 cm³/mol. The van der Waals surface area contributed by atoms with Gasteiger partial charge in [0, 0.05) is 12.1 Å². The molecule has 0 saturated heterocycles. The van der Waals surface area contributed by atoms with E-state index >= 15 is 0 Å². The number of nitrogens with one attached hydrogen (secondary N) is 2. The number of nitrogens with zero attached hydrogens (tertiary/aromatic N) is 1. The van der Waals surface area contributed by atoms with E-state index in [0.717, 1.165) is 5.69 Å². The van der Waals surface area contributed by atoms with E-state index in [9.17, 15) is 8.42 Å². The van der Waals surface area contributed by atoms with Crippen LogP contribution in [0, 0.1) is 0 Å². The molecule has 0 aliphatic rings. The summed E-state index contributed by atoms with van der Waals surface area (Å²) in [6, 6.07) is 1.70. The lowest BCUT2D eigenvalue weighted by Gasteiger charge is -2.02. The number of hydrogen-bond donors (Lipinski definition) is 2. The quantitative estimate of drug-likeness (QED) is 0.694. The van der Waals surface area contributed by atoms with Crippen LogP contribution in [0.5, 0.6) is 0 Å². The molecule has 0 saturated carbocycles. The van der Waals surface area contributed by atoms with Crippen LogP contribution in [-0.4, -0.2) is 30.2 Å². The van der Waals surface area contributed by atoms with Crippen LogP contribution in [-0.2, 0) is 16.6 Å². The predicted octanol–water partition coefficient (Wildman–Crippen LogP) is 0.0679. The third-order valence-corrected chi connectivity index (χ3v) is 3.13. The Balaban J connectivity index is 2.43. The summed E-state index contributed by atoms with van der Waals surface area (Å²) < 4.78 is 24.6. The molecule has 1 aromatic heterocycles. The molecular formula is C6H10ClN3O2S. The van der Waals surface area contributed by atoms with Gasteiger partial charge in [0.25, 0.3) is 0 Å². The maximum Gasteiger partial charge on any atom is 0.213 e. The SMILES string of the molecule is O=S(=O)(CCCl)NCc1ccn[nH]1. The molecule has 5 nitrogen and oxygen atoms in total. The lowest BCUT2D eigenvalue weighted by atomic mass is 10.4. The van der Waals surface area contributed by atoms with Crippen LogP contribution in [0.15, 0.2) is 12.3 Å². The van der Waals surface area contributed by atoms with Crippen molar-refractivity contribution in [2.75, 3.05) is 11.6 Å². The molecule has 1 aromatic rings. The number of hydrogen-bond acceptors (Lipinski definition) is 3. The molecule has 0 aromatic carbocycles. The van der Waals surface area contributed by atoms with Gasteiger partial charge in [0.1, 0.15) is 0 Å². The Morgan fingerprint density at radius 3 is 2.92 bits per heavy atom. The van der Waals surface area contributed by atoms with Crippen LogP contribution >= 0.6 is 11.6 Å². The average Bonchev–Trinajstić information content (AvgIpc) is 2.52. The van der Waals surface area contributed by atoms with Crippen LogP contribution in [0.1, 0.15) is 5.69 Å². The summed E-state index contributed by atoms with van der Waals surface area (Å²) in [5.74, 6) is 0.0288. The van der Waals surface area contributed by atoms with Gasteiger partial charge >= 0.3 is 0 Å². The van der Waals surface area contributed by atoms with Gasteiger partial charge in [-0.25, -0.2) is 13.1 Å². The maximum absolute atomic E-state index is 11.1. The van der Waals surface area contributed by atoms with Crippen molar-refractivity contribution in [3.05, 3.63) is 18.0 Å². The smallest absolute Gasteiger partial charge is 0.213 e. The molecule has 0 fully saturated rings. The highest BCUT2D eigenvalue weighted by molar-refractivity contribution is 7.89. The Morgan fingerprint density at radius 2 is 2.38 bits per heavy atom.